The fraction of sp³-hybridized carbons (Fsp3) is 0.889. The molecule has 1 heterocycles. The van der Waals surface area contributed by atoms with Crippen molar-refractivity contribution < 1.29 is 0 Å². The number of rotatable bonds is 0. The molecular formula is C18H35N. The molecule has 1 heteroatoms. The Kier molecular flexibility index (Phi) is 3.32. The molecule has 0 bridgehead atoms. The van der Waals surface area contributed by atoms with E-state index in [1.54, 1.807) is 0 Å². The topological polar surface area (TPSA) is 3.24 Å². The van der Waals surface area contributed by atoms with Gasteiger partial charge in [-0.3, -0.25) is 0 Å². The molecule has 112 valence electrons. The average Bonchev–Trinajstić information content (AvgIpc) is 2.25. The Morgan fingerprint density at radius 3 is 1.42 bits per heavy atom. The van der Waals surface area contributed by atoms with E-state index in [0.29, 0.717) is 0 Å². The van der Waals surface area contributed by atoms with Crippen molar-refractivity contribution in [3.8, 4) is 0 Å². The van der Waals surface area contributed by atoms with Crippen LogP contribution in [0.2, 0.25) is 0 Å². The van der Waals surface area contributed by atoms with E-state index in [1.807, 2.05) is 0 Å². The fourth-order valence-electron chi connectivity index (χ4n) is 3.86. The SMILES string of the molecule is C=C1N(C)C(C)(C)C(C)(C)C(C)(C)C(C)(C)C1(C)C. The molecule has 0 aromatic heterocycles. The van der Waals surface area contributed by atoms with Gasteiger partial charge in [-0.1, -0.05) is 62.0 Å². The lowest BCUT2D eigenvalue weighted by Crippen LogP contribution is -2.58. The highest BCUT2D eigenvalue weighted by atomic mass is 15.2. The lowest BCUT2D eigenvalue weighted by atomic mass is 9.45. The maximum Gasteiger partial charge on any atom is 0.0396 e. The molecule has 0 atom stereocenters. The van der Waals surface area contributed by atoms with Gasteiger partial charge >= 0.3 is 0 Å². The predicted octanol–water partition coefficient (Wildman–Crippen LogP) is 5.33. The molecule has 0 aromatic rings. The zero-order chi connectivity index (χ0) is 15.7. The highest BCUT2D eigenvalue weighted by Crippen LogP contribution is 2.67. The zero-order valence-corrected chi connectivity index (χ0v) is 15.2. The second kappa shape index (κ2) is 3.80. The Labute approximate surface area is 121 Å². The molecule has 0 aliphatic carbocycles. The summed E-state index contributed by atoms with van der Waals surface area (Å²) in [7, 11) is 2.21. The van der Waals surface area contributed by atoms with Crippen LogP contribution in [0.25, 0.3) is 0 Å². The third kappa shape index (κ3) is 1.59. The molecule has 0 aromatic carbocycles. The van der Waals surface area contributed by atoms with Crippen molar-refractivity contribution >= 4 is 0 Å². The maximum atomic E-state index is 4.46. The van der Waals surface area contributed by atoms with Gasteiger partial charge in [0, 0.05) is 23.7 Å². The normalized spacial score (nSPS) is 30.9. The van der Waals surface area contributed by atoms with E-state index in [-0.39, 0.29) is 27.2 Å². The second-order valence-corrected chi connectivity index (χ2v) is 9.06. The van der Waals surface area contributed by atoms with Crippen LogP contribution in [-0.2, 0) is 0 Å². The molecule has 1 aliphatic rings. The van der Waals surface area contributed by atoms with Crippen molar-refractivity contribution in [3.05, 3.63) is 12.3 Å². The van der Waals surface area contributed by atoms with Crippen LogP contribution < -0.4 is 0 Å². The van der Waals surface area contributed by atoms with Crippen molar-refractivity contribution in [1.82, 2.24) is 4.90 Å². The van der Waals surface area contributed by atoms with Crippen molar-refractivity contribution in [2.24, 2.45) is 21.7 Å². The molecule has 1 fully saturated rings. The third-order valence-electron chi connectivity index (χ3n) is 8.18. The first kappa shape index (κ1) is 16.6. The highest BCUT2D eigenvalue weighted by molar-refractivity contribution is 5.24. The van der Waals surface area contributed by atoms with E-state index in [4.69, 9.17) is 0 Å². The van der Waals surface area contributed by atoms with Gasteiger partial charge in [-0.2, -0.15) is 0 Å². The monoisotopic (exact) mass is 265 g/mol. The quantitative estimate of drug-likeness (QED) is 0.572. The second-order valence-electron chi connectivity index (χ2n) is 9.06. The largest absolute Gasteiger partial charge is 0.372 e. The van der Waals surface area contributed by atoms with Gasteiger partial charge in [-0.05, 0) is 30.1 Å². The fourth-order valence-corrected chi connectivity index (χ4v) is 3.86. The molecular weight excluding hydrogens is 230 g/mol. The van der Waals surface area contributed by atoms with Crippen LogP contribution in [0, 0.1) is 21.7 Å². The summed E-state index contributed by atoms with van der Waals surface area (Å²) in [4.78, 5) is 2.42. The third-order valence-corrected chi connectivity index (χ3v) is 8.18. The van der Waals surface area contributed by atoms with E-state index < -0.39 is 0 Å². The summed E-state index contributed by atoms with van der Waals surface area (Å²) >= 11 is 0. The summed E-state index contributed by atoms with van der Waals surface area (Å²) in [5, 5.41) is 0. The minimum atomic E-state index is 0.0658. The van der Waals surface area contributed by atoms with Crippen LogP contribution >= 0.6 is 0 Å². The van der Waals surface area contributed by atoms with Crippen LogP contribution in [-0.4, -0.2) is 17.5 Å². The molecule has 0 radical (unpaired) electrons. The van der Waals surface area contributed by atoms with Gasteiger partial charge in [0.05, 0.1) is 0 Å². The summed E-state index contributed by atoms with van der Waals surface area (Å²) in [6, 6.07) is 0. The average molecular weight is 265 g/mol. The van der Waals surface area contributed by atoms with E-state index in [9.17, 15) is 0 Å². The Bertz CT molecular complexity index is 394. The molecule has 1 saturated heterocycles. The standard InChI is InChI=1S/C18H35N/c1-13-14(2,3)15(4,5)16(6,7)17(8,9)18(10,11)19(13)12/h1H2,2-12H3. The van der Waals surface area contributed by atoms with Gasteiger partial charge in [-0.25, -0.2) is 0 Å². The maximum absolute atomic E-state index is 4.46. The predicted molar refractivity (Wildman–Crippen MR) is 86.1 cm³/mol. The lowest BCUT2D eigenvalue weighted by Gasteiger charge is -2.59. The molecule has 19 heavy (non-hydrogen) atoms. The Balaban J connectivity index is 3.74. The van der Waals surface area contributed by atoms with Crippen LogP contribution in [0.4, 0.5) is 0 Å². The molecule has 1 aliphatic heterocycles. The summed E-state index contributed by atoms with van der Waals surface area (Å²) in [5.74, 6) is 0. The molecule has 0 saturated carbocycles. The van der Waals surface area contributed by atoms with Crippen molar-refractivity contribution in [2.45, 2.75) is 74.8 Å². The summed E-state index contributed by atoms with van der Waals surface area (Å²) in [6.07, 6.45) is 0. The minimum Gasteiger partial charge on any atom is -0.372 e. The number of hydrogen-bond donors (Lipinski definition) is 0. The molecule has 0 unspecified atom stereocenters. The molecule has 0 amide bonds. The van der Waals surface area contributed by atoms with E-state index >= 15 is 0 Å². The van der Waals surface area contributed by atoms with Crippen LogP contribution in [0.3, 0.4) is 0 Å². The van der Waals surface area contributed by atoms with Crippen molar-refractivity contribution in [2.75, 3.05) is 7.05 Å². The Morgan fingerprint density at radius 2 is 1.05 bits per heavy atom. The minimum absolute atomic E-state index is 0.0658. The number of hydrogen-bond acceptors (Lipinski definition) is 1. The van der Waals surface area contributed by atoms with E-state index in [2.05, 4.69) is 87.8 Å². The van der Waals surface area contributed by atoms with Gasteiger partial charge in [0.25, 0.3) is 0 Å². The number of nitrogens with zero attached hydrogens (tertiary/aromatic N) is 1. The van der Waals surface area contributed by atoms with E-state index in [1.165, 1.54) is 5.70 Å². The van der Waals surface area contributed by atoms with Crippen LogP contribution in [0.15, 0.2) is 12.3 Å². The Morgan fingerprint density at radius 1 is 0.684 bits per heavy atom. The van der Waals surface area contributed by atoms with Gasteiger partial charge in [0.2, 0.25) is 0 Å². The van der Waals surface area contributed by atoms with Crippen molar-refractivity contribution in [1.29, 1.82) is 0 Å². The molecule has 0 N–H and O–H groups in total. The van der Waals surface area contributed by atoms with Crippen LogP contribution in [0.1, 0.15) is 69.2 Å². The molecule has 1 nitrogen and oxygen atoms in total. The molecule has 0 spiro atoms. The highest BCUT2D eigenvalue weighted by Gasteiger charge is 2.64. The van der Waals surface area contributed by atoms with Crippen molar-refractivity contribution in [3.63, 3.8) is 0 Å². The van der Waals surface area contributed by atoms with Crippen LogP contribution in [0.5, 0.6) is 0 Å². The van der Waals surface area contributed by atoms with E-state index in [0.717, 1.165) is 0 Å². The summed E-state index contributed by atoms with van der Waals surface area (Å²) in [5.41, 5.74) is 1.88. The smallest absolute Gasteiger partial charge is 0.0396 e. The summed E-state index contributed by atoms with van der Waals surface area (Å²) in [6.45, 7) is 28.4. The first-order valence-corrected chi connectivity index (χ1v) is 7.50. The van der Waals surface area contributed by atoms with Gasteiger partial charge < -0.3 is 4.90 Å². The lowest BCUT2D eigenvalue weighted by molar-refractivity contribution is -0.101. The first-order chi connectivity index (χ1) is 8.07. The van der Waals surface area contributed by atoms with Gasteiger partial charge in [0.1, 0.15) is 0 Å². The van der Waals surface area contributed by atoms with Gasteiger partial charge in [-0.15, -0.1) is 0 Å². The zero-order valence-electron chi connectivity index (χ0n) is 15.2. The Hall–Kier alpha value is -0.460. The number of likely N-dealkylation sites (tertiary alicyclic amines) is 1. The van der Waals surface area contributed by atoms with Gasteiger partial charge in [0.15, 0.2) is 0 Å². The summed E-state index contributed by atoms with van der Waals surface area (Å²) < 4.78 is 0. The first-order valence-electron chi connectivity index (χ1n) is 7.50. The number of allylic oxidation sites excluding steroid dienone is 1. The molecule has 1 rings (SSSR count).